The number of amidine groups is 1. The Bertz CT molecular complexity index is 2700. The van der Waals surface area contributed by atoms with Crippen molar-refractivity contribution in [3.63, 3.8) is 0 Å². The Hall–Kier alpha value is -5.92. The molecule has 0 saturated carbocycles. The molecule has 0 bridgehead atoms. The summed E-state index contributed by atoms with van der Waals surface area (Å²) in [4.78, 5) is 25.7. The molecule has 12 nitrogen and oxygen atoms in total. The molecule has 1 heterocycles. The maximum atomic E-state index is 15.4. The number of nitrogens with zero attached hydrogens (tertiary/aromatic N) is 3. The highest BCUT2D eigenvalue weighted by molar-refractivity contribution is 7.90. The zero-order valence-corrected chi connectivity index (χ0v) is 43.1. The van der Waals surface area contributed by atoms with Gasteiger partial charge in [-0.15, -0.1) is 0 Å². The molecular weight excluding hydrogens is 885 g/mol. The Kier molecular flexibility index (Phi) is 19.1. The number of anilines is 3. The highest BCUT2D eigenvalue weighted by Gasteiger charge is 2.40. The van der Waals surface area contributed by atoms with Crippen LogP contribution in [0, 0.1) is 32.6 Å². The molecule has 0 saturated heterocycles. The number of ether oxygens (including phenoxy) is 3. The number of hydrogen-bond acceptors (Lipinski definition) is 10. The van der Waals surface area contributed by atoms with E-state index in [-0.39, 0.29) is 41.3 Å². The van der Waals surface area contributed by atoms with Crippen LogP contribution >= 0.6 is 0 Å². The fourth-order valence-corrected chi connectivity index (χ4v) is 10.2. The molecule has 1 aliphatic rings. The molecule has 0 radical (unpaired) electrons. The van der Waals surface area contributed by atoms with Crippen LogP contribution in [0.15, 0.2) is 106 Å². The molecule has 1 aliphatic heterocycles. The number of carbonyl (C=O) groups is 1. The molecule has 5 aromatic carbocycles. The zero-order chi connectivity index (χ0) is 49.5. The van der Waals surface area contributed by atoms with Crippen molar-refractivity contribution in [1.29, 1.82) is 0 Å². The van der Waals surface area contributed by atoms with Crippen molar-refractivity contribution in [2.24, 2.45) is 21.8 Å². The summed E-state index contributed by atoms with van der Waals surface area (Å²) in [6.45, 7) is 20.0. The van der Waals surface area contributed by atoms with E-state index < -0.39 is 22.2 Å². The van der Waals surface area contributed by atoms with Gasteiger partial charge in [-0.1, -0.05) is 115 Å². The first kappa shape index (κ1) is 52.5. The normalized spacial score (nSPS) is 14.7. The number of fused-ring (bicyclic) bond motifs is 2. The van der Waals surface area contributed by atoms with Gasteiger partial charge in [0.05, 0.1) is 23.7 Å². The number of amides is 1. The third-order valence-electron chi connectivity index (χ3n) is 12.8. The average molecular weight is 959 g/mol. The highest BCUT2D eigenvalue weighted by Crippen LogP contribution is 2.38. The van der Waals surface area contributed by atoms with Crippen LogP contribution in [0.4, 0.5) is 28.4 Å². The number of aliphatic imine (C=N–C) groups is 2. The fourth-order valence-electron chi connectivity index (χ4n) is 8.51. The third kappa shape index (κ3) is 13.7. The lowest BCUT2D eigenvalue weighted by Crippen LogP contribution is -2.48. The predicted molar refractivity (Wildman–Crippen MR) is 285 cm³/mol. The zero-order valence-electron chi connectivity index (χ0n) is 42.3. The van der Waals surface area contributed by atoms with E-state index in [9.17, 15) is 0 Å². The Morgan fingerprint density at radius 3 is 2.09 bits per heavy atom. The second-order valence-corrected chi connectivity index (χ2v) is 20.0. The van der Waals surface area contributed by atoms with E-state index in [0.29, 0.717) is 41.8 Å². The topological polar surface area (TPSA) is 143 Å². The first-order valence-corrected chi connectivity index (χ1v) is 26.5. The van der Waals surface area contributed by atoms with Crippen LogP contribution in [-0.4, -0.2) is 62.9 Å². The molecule has 0 aliphatic carbocycles. The van der Waals surface area contributed by atoms with Crippen molar-refractivity contribution < 1.29 is 27.4 Å². The summed E-state index contributed by atoms with van der Waals surface area (Å²) in [7, 11) is -4.24. The van der Waals surface area contributed by atoms with Crippen LogP contribution in [0.3, 0.4) is 0 Å². The van der Waals surface area contributed by atoms with Gasteiger partial charge in [0.25, 0.3) is 15.9 Å². The number of sulfonamides is 1. The molecule has 5 aromatic rings. The third-order valence-corrected chi connectivity index (χ3v) is 14.6. The van der Waals surface area contributed by atoms with Gasteiger partial charge >= 0.3 is 0 Å². The van der Waals surface area contributed by atoms with Gasteiger partial charge in [0, 0.05) is 30.9 Å². The molecule has 0 aromatic heterocycles. The first-order valence-electron chi connectivity index (χ1n) is 25.1. The number of unbranched alkanes of at least 4 members (excludes halogenated alkanes) is 2. The van der Waals surface area contributed by atoms with Crippen LogP contribution in [0.1, 0.15) is 116 Å². The van der Waals surface area contributed by atoms with Crippen molar-refractivity contribution in [3.05, 3.63) is 108 Å². The standard InChI is InChI=1S/C56H74N6O6S/c1-10-16-20-41(12-3)35-62-55(60-49-32-43-22-18-19-23-44(43)33-52(49)69(62,64)65)54(59-47-27-25-45(57-15-6)31-39(47)8)56(63)61-48-34-46(26-29-51(48)66-36-42(13-4)21-17-11-2)58-37-67-53(14-5)68-50-28-24-38(7)30-40(50)9/h18-19,22-34,41-42,53,57-58H,10-17,20-21,35-37H2,1-9H3,(H,61,63). The molecule has 3 unspecified atom stereocenters. The van der Waals surface area contributed by atoms with E-state index in [1.807, 2.05) is 94.4 Å². The van der Waals surface area contributed by atoms with Crippen LogP contribution in [0.2, 0.25) is 0 Å². The van der Waals surface area contributed by atoms with Crippen molar-refractivity contribution in [3.8, 4) is 11.5 Å². The molecule has 0 spiro atoms. The van der Waals surface area contributed by atoms with Gasteiger partial charge in [0.2, 0.25) is 6.29 Å². The van der Waals surface area contributed by atoms with Crippen molar-refractivity contribution in [2.75, 3.05) is 42.4 Å². The van der Waals surface area contributed by atoms with Gasteiger partial charge in [-0.25, -0.2) is 22.7 Å². The van der Waals surface area contributed by atoms with Crippen LogP contribution in [0.25, 0.3) is 10.8 Å². The summed E-state index contributed by atoms with van der Waals surface area (Å²) >= 11 is 0. The minimum absolute atomic E-state index is 0.000182. The Morgan fingerprint density at radius 2 is 1.42 bits per heavy atom. The number of benzene rings is 5. The van der Waals surface area contributed by atoms with Gasteiger partial charge in [0.1, 0.15) is 23.1 Å². The number of rotatable bonds is 26. The van der Waals surface area contributed by atoms with E-state index in [0.717, 1.165) is 96.8 Å². The molecule has 3 N–H and O–H groups in total. The van der Waals surface area contributed by atoms with Gasteiger partial charge in [0.15, 0.2) is 11.5 Å². The fraction of sp³-hybridized carbons (Fsp3) is 0.446. The van der Waals surface area contributed by atoms with E-state index in [2.05, 4.69) is 56.6 Å². The Balaban J connectivity index is 1.44. The second kappa shape index (κ2) is 25.1. The minimum atomic E-state index is -4.24. The summed E-state index contributed by atoms with van der Waals surface area (Å²) in [6, 6.07) is 28.4. The SMILES string of the molecule is CCCCC(CC)COc1ccc(NCOC(CC)Oc2ccc(C)cc2C)cc1NC(=O)C(=Nc1ccc(NCC)cc1C)C1=Nc2cc3ccccc3cc2S(=O)(=O)N1CC(CC)CCCC. The lowest BCUT2D eigenvalue weighted by atomic mass is 9.99. The van der Waals surface area contributed by atoms with Gasteiger partial charge < -0.3 is 30.2 Å². The molecular formula is C56H74N6O6S. The van der Waals surface area contributed by atoms with Crippen molar-refractivity contribution >= 4 is 66.7 Å². The molecule has 69 heavy (non-hydrogen) atoms. The summed E-state index contributed by atoms with van der Waals surface area (Å²) in [5.74, 6) is 0.877. The van der Waals surface area contributed by atoms with E-state index >= 15 is 13.2 Å². The summed E-state index contributed by atoms with van der Waals surface area (Å²) in [5, 5.41) is 11.5. The maximum Gasteiger partial charge on any atom is 0.278 e. The summed E-state index contributed by atoms with van der Waals surface area (Å²) < 4.78 is 50.6. The Labute approximate surface area is 411 Å². The van der Waals surface area contributed by atoms with Crippen molar-refractivity contribution in [1.82, 2.24) is 4.31 Å². The lowest BCUT2D eigenvalue weighted by Gasteiger charge is -2.33. The molecule has 1 amide bonds. The molecule has 13 heteroatoms. The Morgan fingerprint density at radius 1 is 0.739 bits per heavy atom. The number of hydrogen-bond donors (Lipinski definition) is 3. The smallest absolute Gasteiger partial charge is 0.278 e. The van der Waals surface area contributed by atoms with Gasteiger partial charge in [-0.05, 0) is 129 Å². The number of aryl methyl sites for hydroxylation is 3. The highest BCUT2D eigenvalue weighted by atomic mass is 32.2. The maximum absolute atomic E-state index is 15.4. The number of carbonyl (C=O) groups excluding carboxylic acids is 1. The molecule has 6 rings (SSSR count). The van der Waals surface area contributed by atoms with E-state index in [1.54, 1.807) is 18.2 Å². The van der Waals surface area contributed by atoms with Crippen LogP contribution < -0.4 is 25.4 Å². The molecule has 370 valence electrons. The van der Waals surface area contributed by atoms with E-state index in [1.165, 1.54) is 4.31 Å². The first-order chi connectivity index (χ1) is 33.3. The van der Waals surface area contributed by atoms with Gasteiger partial charge in [-0.3, -0.25) is 4.79 Å². The molecule has 0 fully saturated rings. The van der Waals surface area contributed by atoms with Crippen LogP contribution in [0.5, 0.6) is 11.5 Å². The quantitative estimate of drug-likeness (QED) is 0.0367. The molecule has 3 atom stereocenters. The largest absolute Gasteiger partial charge is 0.491 e. The monoisotopic (exact) mass is 959 g/mol. The summed E-state index contributed by atoms with van der Waals surface area (Å²) in [5.41, 5.74) is 5.55. The average Bonchev–Trinajstić information content (AvgIpc) is 3.33. The van der Waals surface area contributed by atoms with Gasteiger partial charge in [-0.2, -0.15) is 0 Å². The minimum Gasteiger partial charge on any atom is -0.491 e. The van der Waals surface area contributed by atoms with E-state index in [4.69, 9.17) is 24.2 Å². The lowest BCUT2D eigenvalue weighted by molar-refractivity contribution is -0.110. The predicted octanol–water partition coefficient (Wildman–Crippen LogP) is 13.7. The summed E-state index contributed by atoms with van der Waals surface area (Å²) in [6.07, 6.45) is 7.73. The van der Waals surface area contributed by atoms with Crippen molar-refractivity contribution in [2.45, 2.75) is 131 Å². The van der Waals surface area contributed by atoms with Crippen LogP contribution in [-0.2, 0) is 19.6 Å². The number of nitrogens with one attached hydrogen (secondary N) is 3. The second-order valence-electron chi connectivity index (χ2n) is 18.2.